The van der Waals surface area contributed by atoms with Gasteiger partial charge in [0.25, 0.3) is 0 Å². The van der Waals surface area contributed by atoms with Gasteiger partial charge in [0.15, 0.2) is 11.5 Å². The molecule has 0 bridgehead atoms. The molecule has 0 amide bonds. The number of hydrogen-bond acceptors (Lipinski definition) is 3. The van der Waals surface area contributed by atoms with Gasteiger partial charge >= 0.3 is 0 Å². The number of aromatic nitrogens is 1. The number of rotatable bonds is 9. The topological polar surface area (TPSA) is 60.2 Å². The number of quaternary nitrogens is 1. The third-order valence-corrected chi connectivity index (χ3v) is 5.60. The van der Waals surface area contributed by atoms with Crippen LogP contribution in [0.25, 0.3) is 21.8 Å². The van der Waals surface area contributed by atoms with Crippen LogP contribution in [0.2, 0.25) is 0 Å². The number of para-hydroxylation sites is 2. The highest BCUT2D eigenvalue weighted by Gasteiger charge is 2.14. The number of hydrogen-bond donors (Lipinski definition) is 2. The van der Waals surface area contributed by atoms with Gasteiger partial charge in [-0.1, -0.05) is 42.5 Å². The molecule has 1 atom stereocenters. The summed E-state index contributed by atoms with van der Waals surface area (Å²) < 4.78 is 12.9. The van der Waals surface area contributed by atoms with Crippen molar-refractivity contribution in [2.45, 2.75) is 19.1 Å². The maximum absolute atomic E-state index is 10.7. The Balaban J connectivity index is 1.37. The highest BCUT2D eigenvalue weighted by Crippen LogP contribution is 2.29. The zero-order chi connectivity index (χ0) is 20.9. The Bertz CT molecular complexity index is 1080. The minimum atomic E-state index is -0.422. The van der Waals surface area contributed by atoms with Crippen LogP contribution in [0.15, 0.2) is 66.7 Å². The predicted octanol–water partition coefficient (Wildman–Crippen LogP) is 2.98. The van der Waals surface area contributed by atoms with Crippen molar-refractivity contribution in [3.8, 4) is 11.5 Å². The smallest absolute Gasteiger partial charge is 0.160 e. The Morgan fingerprint density at radius 2 is 1.50 bits per heavy atom. The van der Waals surface area contributed by atoms with Crippen LogP contribution < -0.4 is 14.8 Å². The normalized spacial score (nSPS) is 12.4. The quantitative estimate of drug-likeness (QED) is 0.421. The van der Waals surface area contributed by atoms with E-state index in [0.717, 1.165) is 24.5 Å². The van der Waals surface area contributed by atoms with Crippen molar-refractivity contribution in [2.24, 2.45) is 0 Å². The SMILES string of the molecule is COc1ccc(CC[NH2+]C[C@H](O)Cn2c3ccccc3c3ccccc32)cc1OC. The van der Waals surface area contributed by atoms with Gasteiger partial charge in [-0.3, -0.25) is 0 Å². The molecule has 3 aromatic carbocycles. The summed E-state index contributed by atoms with van der Waals surface area (Å²) in [6, 6.07) is 22.8. The number of methoxy groups -OCH3 is 2. The first kappa shape index (κ1) is 20.3. The van der Waals surface area contributed by atoms with E-state index in [9.17, 15) is 5.11 Å². The van der Waals surface area contributed by atoms with Crippen LogP contribution >= 0.6 is 0 Å². The van der Waals surface area contributed by atoms with Crippen molar-refractivity contribution >= 4 is 21.8 Å². The first-order chi connectivity index (χ1) is 14.7. The third kappa shape index (κ3) is 4.13. The molecule has 0 saturated carbocycles. The number of benzene rings is 3. The van der Waals surface area contributed by atoms with E-state index in [1.54, 1.807) is 14.2 Å². The van der Waals surface area contributed by atoms with E-state index in [4.69, 9.17) is 9.47 Å². The van der Waals surface area contributed by atoms with Gasteiger partial charge in [0.2, 0.25) is 0 Å². The molecule has 1 heterocycles. The van der Waals surface area contributed by atoms with E-state index in [0.29, 0.717) is 13.1 Å². The lowest BCUT2D eigenvalue weighted by atomic mass is 10.1. The number of nitrogens with two attached hydrogens (primary N) is 1. The van der Waals surface area contributed by atoms with Crippen LogP contribution in [0.1, 0.15) is 5.56 Å². The highest BCUT2D eigenvalue weighted by atomic mass is 16.5. The molecule has 4 aromatic rings. The fourth-order valence-electron chi connectivity index (χ4n) is 4.10. The number of aliphatic hydroxyl groups excluding tert-OH is 1. The molecule has 3 N–H and O–H groups in total. The highest BCUT2D eigenvalue weighted by molar-refractivity contribution is 6.07. The van der Waals surface area contributed by atoms with Crippen LogP contribution in [0.4, 0.5) is 0 Å². The summed E-state index contributed by atoms with van der Waals surface area (Å²) in [4.78, 5) is 0. The van der Waals surface area contributed by atoms with Gasteiger partial charge in [0.1, 0.15) is 12.6 Å². The monoisotopic (exact) mass is 405 g/mol. The van der Waals surface area contributed by atoms with Gasteiger partial charge in [-0.05, 0) is 29.8 Å². The Labute approximate surface area is 176 Å². The summed E-state index contributed by atoms with van der Waals surface area (Å²) >= 11 is 0. The molecule has 0 unspecified atom stereocenters. The minimum absolute atomic E-state index is 0.422. The van der Waals surface area contributed by atoms with E-state index in [1.807, 2.05) is 12.1 Å². The van der Waals surface area contributed by atoms with Crippen LogP contribution in [-0.4, -0.2) is 43.1 Å². The second-order valence-corrected chi connectivity index (χ2v) is 7.55. The third-order valence-electron chi connectivity index (χ3n) is 5.60. The summed E-state index contributed by atoms with van der Waals surface area (Å²) in [5.74, 6) is 1.49. The van der Waals surface area contributed by atoms with Crippen LogP contribution in [0.3, 0.4) is 0 Å². The van der Waals surface area contributed by atoms with Gasteiger partial charge < -0.3 is 24.5 Å². The first-order valence-corrected chi connectivity index (χ1v) is 10.4. The van der Waals surface area contributed by atoms with E-state index >= 15 is 0 Å². The van der Waals surface area contributed by atoms with E-state index < -0.39 is 6.10 Å². The molecule has 0 radical (unpaired) electrons. The van der Waals surface area contributed by atoms with Crippen LogP contribution in [0, 0.1) is 0 Å². The summed E-state index contributed by atoms with van der Waals surface area (Å²) in [6.45, 7) is 2.15. The Kier molecular flexibility index (Phi) is 6.21. The summed E-state index contributed by atoms with van der Waals surface area (Å²) in [5, 5.41) is 15.3. The summed E-state index contributed by atoms with van der Waals surface area (Å²) in [5.41, 5.74) is 3.53. The van der Waals surface area contributed by atoms with Crippen molar-refractivity contribution in [3.63, 3.8) is 0 Å². The average Bonchev–Trinajstić information content (AvgIpc) is 3.10. The molecule has 156 valence electrons. The maximum atomic E-state index is 10.7. The van der Waals surface area contributed by atoms with E-state index in [1.165, 1.54) is 27.4 Å². The van der Waals surface area contributed by atoms with Crippen molar-refractivity contribution < 1.29 is 19.9 Å². The van der Waals surface area contributed by atoms with E-state index in [-0.39, 0.29) is 0 Å². The van der Waals surface area contributed by atoms with Crippen molar-refractivity contribution in [1.82, 2.24) is 4.57 Å². The molecular formula is C25H29N2O3+. The molecule has 4 rings (SSSR count). The van der Waals surface area contributed by atoms with Gasteiger partial charge in [-0.2, -0.15) is 0 Å². The number of nitrogens with zero attached hydrogens (tertiary/aromatic N) is 1. The lowest BCUT2D eigenvalue weighted by molar-refractivity contribution is -0.660. The molecular weight excluding hydrogens is 376 g/mol. The average molecular weight is 406 g/mol. The molecule has 0 aliphatic carbocycles. The molecule has 5 nitrogen and oxygen atoms in total. The molecule has 0 spiro atoms. The van der Waals surface area contributed by atoms with Crippen LogP contribution in [-0.2, 0) is 13.0 Å². The number of fused-ring (bicyclic) bond motifs is 3. The lowest BCUT2D eigenvalue weighted by Gasteiger charge is -2.13. The summed E-state index contributed by atoms with van der Waals surface area (Å²) in [6.07, 6.45) is 0.484. The molecule has 0 fully saturated rings. The second kappa shape index (κ2) is 9.20. The summed E-state index contributed by atoms with van der Waals surface area (Å²) in [7, 11) is 3.29. The predicted molar refractivity (Wildman–Crippen MR) is 120 cm³/mol. The minimum Gasteiger partial charge on any atom is -0.493 e. The zero-order valence-electron chi connectivity index (χ0n) is 17.5. The van der Waals surface area contributed by atoms with Gasteiger partial charge in [0.05, 0.1) is 27.3 Å². The lowest BCUT2D eigenvalue weighted by Crippen LogP contribution is -2.87. The van der Waals surface area contributed by atoms with Gasteiger partial charge in [-0.25, -0.2) is 0 Å². The number of aliphatic hydroxyl groups is 1. The Hall–Kier alpha value is -3.02. The zero-order valence-corrected chi connectivity index (χ0v) is 17.5. The number of ether oxygens (including phenoxy) is 2. The van der Waals surface area contributed by atoms with Crippen molar-refractivity contribution in [2.75, 3.05) is 27.3 Å². The fourth-order valence-corrected chi connectivity index (χ4v) is 4.10. The Morgan fingerprint density at radius 1 is 0.867 bits per heavy atom. The molecule has 5 heteroatoms. The molecule has 1 aromatic heterocycles. The largest absolute Gasteiger partial charge is 0.493 e. The second-order valence-electron chi connectivity index (χ2n) is 7.55. The van der Waals surface area contributed by atoms with Gasteiger partial charge in [-0.15, -0.1) is 0 Å². The van der Waals surface area contributed by atoms with Gasteiger partial charge in [0, 0.05) is 28.2 Å². The standard InChI is InChI=1S/C25H28N2O3/c1-29-24-12-11-18(15-25(24)30-2)13-14-26-16-19(28)17-27-22-9-5-3-7-20(22)21-8-4-6-10-23(21)27/h3-12,15,19,26,28H,13-14,16-17H2,1-2H3/p+1/t19-/m0/s1. The van der Waals surface area contributed by atoms with Crippen molar-refractivity contribution in [1.29, 1.82) is 0 Å². The molecule has 0 aliphatic heterocycles. The fraction of sp³-hybridized carbons (Fsp3) is 0.280. The van der Waals surface area contributed by atoms with Crippen molar-refractivity contribution in [3.05, 3.63) is 72.3 Å². The maximum Gasteiger partial charge on any atom is 0.160 e. The molecule has 0 aliphatic rings. The van der Waals surface area contributed by atoms with Crippen LogP contribution in [0.5, 0.6) is 11.5 Å². The molecule has 0 saturated heterocycles. The molecule has 30 heavy (non-hydrogen) atoms. The Morgan fingerprint density at radius 3 is 2.13 bits per heavy atom. The van der Waals surface area contributed by atoms with E-state index in [2.05, 4.69) is 64.5 Å². The first-order valence-electron chi connectivity index (χ1n) is 10.4.